The molecule has 1 heterocycles. The third-order valence-corrected chi connectivity index (χ3v) is 3.93. The first-order valence-electron chi connectivity index (χ1n) is 6.38. The van der Waals surface area contributed by atoms with Crippen molar-refractivity contribution >= 4 is 23.2 Å². The molecule has 1 saturated heterocycles. The summed E-state index contributed by atoms with van der Waals surface area (Å²) in [6, 6.07) is 7.10. The molecule has 1 aromatic rings. The molecule has 0 saturated carbocycles. The van der Waals surface area contributed by atoms with Crippen LogP contribution < -0.4 is 11.1 Å². The van der Waals surface area contributed by atoms with Crippen molar-refractivity contribution in [3.8, 4) is 6.07 Å². The van der Waals surface area contributed by atoms with Crippen LogP contribution in [0.1, 0.15) is 18.4 Å². The van der Waals surface area contributed by atoms with Crippen molar-refractivity contribution in [2.24, 2.45) is 11.1 Å². The fraction of sp³-hybridized carbons (Fsp3) is 0.429. The van der Waals surface area contributed by atoms with Crippen LogP contribution in [-0.2, 0) is 9.53 Å². The van der Waals surface area contributed by atoms with Crippen molar-refractivity contribution in [1.82, 2.24) is 0 Å². The molecule has 1 aliphatic heterocycles. The molecule has 0 unspecified atom stereocenters. The number of primary amides is 1. The maximum absolute atomic E-state index is 11.7. The van der Waals surface area contributed by atoms with Gasteiger partial charge in [0.25, 0.3) is 0 Å². The summed E-state index contributed by atoms with van der Waals surface area (Å²) in [4.78, 5) is 11.7. The van der Waals surface area contributed by atoms with Gasteiger partial charge in [0, 0.05) is 24.8 Å². The summed E-state index contributed by atoms with van der Waals surface area (Å²) in [6.45, 7) is 1.44. The Morgan fingerprint density at radius 1 is 1.50 bits per heavy atom. The number of hydrogen-bond donors (Lipinski definition) is 2. The van der Waals surface area contributed by atoms with Crippen molar-refractivity contribution in [3.05, 3.63) is 28.8 Å². The molecular formula is C14H16ClN3O2. The summed E-state index contributed by atoms with van der Waals surface area (Å²) in [6.07, 6.45) is 1.18. The van der Waals surface area contributed by atoms with Gasteiger partial charge < -0.3 is 15.8 Å². The van der Waals surface area contributed by atoms with Gasteiger partial charge in [-0.25, -0.2) is 0 Å². The monoisotopic (exact) mass is 293 g/mol. The summed E-state index contributed by atoms with van der Waals surface area (Å²) < 4.78 is 5.28. The lowest BCUT2D eigenvalue weighted by Crippen LogP contribution is -2.46. The number of carbonyl (C=O) groups is 1. The number of amides is 1. The van der Waals surface area contributed by atoms with Gasteiger partial charge in [-0.2, -0.15) is 5.26 Å². The molecule has 20 heavy (non-hydrogen) atoms. The zero-order valence-corrected chi connectivity index (χ0v) is 11.7. The topological polar surface area (TPSA) is 88.1 Å². The van der Waals surface area contributed by atoms with Crippen LogP contribution >= 0.6 is 11.6 Å². The number of nitrogens with two attached hydrogens (primary N) is 1. The largest absolute Gasteiger partial charge is 0.383 e. The molecule has 1 amide bonds. The lowest BCUT2D eigenvalue weighted by atomic mass is 9.79. The van der Waals surface area contributed by atoms with E-state index in [9.17, 15) is 4.79 Å². The van der Waals surface area contributed by atoms with E-state index < -0.39 is 5.41 Å². The van der Waals surface area contributed by atoms with Crippen LogP contribution in [0, 0.1) is 16.7 Å². The van der Waals surface area contributed by atoms with Gasteiger partial charge in [-0.3, -0.25) is 4.79 Å². The highest BCUT2D eigenvalue weighted by Gasteiger charge is 2.38. The van der Waals surface area contributed by atoms with E-state index in [-0.39, 0.29) is 5.91 Å². The number of hydrogen-bond acceptors (Lipinski definition) is 4. The van der Waals surface area contributed by atoms with Crippen LogP contribution in [0.25, 0.3) is 0 Å². The van der Waals surface area contributed by atoms with Crippen molar-refractivity contribution < 1.29 is 9.53 Å². The second kappa shape index (κ2) is 6.12. The average Bonchev–Trinajstić information content (AvgIpc) is 2.46. The van der Waals surface area contributed by atoms with E-state index in [2.05, 4.69) is 11.4 Å². The van der Waals surface area contributed by atoms with E-state index in [1.165, 1.54) is 0 Å². The second-order valence-corrected chi connectivity index (χ2v) is 5.35. The molecule has 3 N–H and O–H groups in total. The maximum Gasteiger partial charge on any atom is 0.225 e. The minimum Gasteiger partial charge on any atom is -0.383 e. The van der Waals surface area contributed by atoms with Crippen LogP contribution in [0.2, 0.25) is 5.02 Å². The minimum absolute atomic E-state index is 0.333. The van der Waals surface area contributed by atoms with Gasteiger partial charge in [-0.1, -0.05) is 11.6 Å². The maximum atomic E-state index is 11.7. The molecule has 0 radical (unpaired) electrons. The van der Waals surface area contributed by atoms with Gasteiger partial charge in [0.2, 0.25) is 5.91 Å². The summed E-state index contributed by atoms with van der Waals surface area (Å²) in [5.74, 6) is -0.333. The van der Waals surface area contributed by atoms with E-state index in [0.717, 1.165) is 0 Å². The Hall–Kier alpha value is -1.77. The van der Waals surface area contributed by atoms with Crippen LogP contribution in [0.5, 0.6) is 0 Å². The van der Waals surface area contributed by atoms with Crippen molar-refractivity contribution in [1.29, 1.82) is 5.26 Å². The molecule has 2 rings (SSSR count). The van der Waals surface area contributed by atoms with Crippen LogP contribution in [0.15, 0.2) is 18.2 Å². The van der Waals surface area contributed by atoms with Crippen LogP contribution in [0.3, 0.4) is 0 Å². The Bertz CT molecular complexity index is 548. The number of benzene rings is 1. The Morgan fingerprint density at radius 2 is 2.20 bits per heavy atom. The third-order valence-electron chi connectivity index (χ3n) is 3.69. The SMILES string of the molecule is N#Cc1cc(Cl)ccc1NCC1(C(N)=O)CCOCC1. The Labute approximate surface area is 122 Å². The van der Waals surface area contributed by atoms with E-state index in [0.29, 0.717) is 48.9 Å². The predicted octanol–water partition coefficient (Wildman–Crippen LogP) is 1.91. The van der Waals surface area contributed by atoms with E-state index in [1.807, 2.05) is 0 Å². The van der Waals surface area contributed by atoms with E-state index in [1.54, 1.807) is 18.2 Å². The number of nitrogens with zero attached hydrogens (tertiary/aromatic N) is 1. The van der Waals surface area contributed by atoms with Crippen LogP contribution in [-0.4, -0.2) is 25.7 Å². The van der Waals surface area contributed by atoms with Gasteiger partial charge in [-0.05, 0) is 31.0 Å². The molecule has 0 aromatic heterocycles. The van der Waals surface area contributed by atoms with Crippen molar-refractivity contribution in [2.45, 2.75) is 12.8 Å². The standard InChI is InChI=1S/C14H16ClN3O2/c15-11-1-2-12(10(7-11)8-16)18-9-14(13(17)19)3-5-20-6-4-14/h1-2,7,18H,3-6,9H2,(H2,17,19). The van der Waals surface area contributed by atoms with E-state index >= 15 is 0 Å². The second-order valence-electron chi connectivity index (χ2n) is 4.91. The Kier molecular flexibility index (Phi) is 4.48. The number of carbonyl (C=O) groups excluding carboxylic acids is 1. The van der Waals surface area contributed by atoms with Gasteiger partial charge in [0.15, 0.2) is 0 Å². The molecular weight excluding hydrogens is 278 g/mol. The Morgan fingerprint density at radius 3 is 2.80 bits per heavy atom. The summed E-state index contributed by atoms with van der Waals surface area (Å²) in [5, 5.41) is 12.7. The first-order valence-corrected chi connectivity index (χ1v) is 6.76. The highest BCUT2D eigenvalue weighted by Crippen LogP contribution is 2.31. The molecule has 106 valence electrons. The zero-order valence-electron chi connectivity index (χ0n) is 11.0. The number of nitrogens with one attached hydrogen (secondary N) is 1. The van der Waals surface area contributed by atoms with Gasteiger partial charge in [0.05, 0.1) is 16.7 Å². The van der Waals surface area contributed by atoms with Gasteiger partial charge in [0.1, 0.15) is 6.07 Å². The normalized spacial score (nSPS) is 17.2. The highest BCUT2D eigenvalue weighted by atomic mass is 35.5. The lowest BCUT2D eigenvalue weighted by molar-refractivity contribution is -0.132. The average molecular weight is 294 g/mol. The minimum atomic E-state index is -0.620. The van der Waals surface area contributed by atoms with E-state index in [4.69, 9.17) is 27.3 Å². The zero-order chi connectivity index (χ0) is 14.6. The number of nitriles is 1. The quantitative estimate of drug-likeness (QED) is 0.887. The Balaban J connectivity index is 2.14. The summed E-state index contributed by atoms with van der Waals surface area (Å²) >= 11 is 5.85. The fourth-order valence-electron chi connectivity index (χ4n) is 2.30. The van der Waals surface area contributed by atoms with Gasteiger partial charge in [-0.15, -0.1) is 0 Å². The molecule has 0 bridgehead atoms. The highest BCUT2D eigenvalue weighted by molar-refractivity contribution is 6.30. The predicted molar refractivity (Wildman–Crippen MR) is 76.3 cm³/mol. The first kappa shape index (κ1) is 14.6. The lowest BCUT2D eigenvalue weighted by Gasteiger charge is -2.34. The third kappa shape index (κ3) is 3.03. The molecule has 5 nitrogen and oxygen atoms in total. The molecule has 1 aromatic carbocycles. The molecule has 0 aliphatic carbocycles. The fourth-order valence-corrected chi connectivity index (χ4v) is 2.47. The van der Waals surface area contributed by atoms with Crippen LogP contribution in [0.4, 0.5) is 5.69 Å². The number of halogens is 1. The molecule has 1 aliphatic rings. The number of anilines is 1. The number of rotatable bonds is 4. The molecule has 6 heteroatoms. The van der Waals surface area contributed by atoms with Crippen molar-refractivity contribution in [2.75, 3.05) is 25.1 Å². The molecule has 1 fully saturated rings. The first-order chi connectivity index (χ1) is 9.57. The van der Waals surface area contributed by atoms with Gasteiger partial charge >= 0.3 is 0 Å². The smallest absolute Gasteiger partial charge is 0.225 e. The summed E-state index contributed by atoms with van der Waals surface area (Å²) in [5.41, 5.74) is 6.02. The summed E-state index contributed by atoms with van der Waals surface area (Å²) in [7, 11) is 0. The molecule has 0 atom stereocenters. The molecule has 0 spiro atoms. The number of ether oxygens (including phenoxy) is 1. The van der Waals surface area contributed by atoms with Crippen molar-refractivity contribution in [3.63, 3.8) is 0 Å².